The lowest BCUT2D eigenvalue weighted by atomic mass is 9.77. The molecule has 0 unspecified atom stereocenters. The van der Waals surface area contributed by atoms with E-state index in [4.69, 9.17) is 0 Å². The minimum Gasteiger partial charge on any atom is -0.316 e. The molecule has 2 aromatic carbocycles. The Morgan fingerprint density at radius 1 is 0.955 bits per heavy atom. The quantitative estimate of drug-likeness (QED) is 0.879. The number of nitrogens with one attached hydrogen (secondary N) is 1. The van der Waals surface area contributed by atoms with E-state index in [-0.39, 0.29) is 29.3 Å². The summed E-state index contributed by atoms with van der Waals surface area (Å²) in [4.78, 5) is 12.7. The minimum atomic E-state index is -0.350. The number of piperidine rings is 1. The summed E-state index contributed by atoms with van der Waals surface area (Å²) < 4.78 is 26.1. The third-order valence-electron chi connectivity index (χ3n) is 4.25. The van der Waals surface area contributed by atoms with E-state index in [1.165, 1.54) is 36.4 Å². The normalized spacial score (nSPS) is 21.5. The number of Topliss-reactive ketones (excluding diaryl/α,β-unsaturated/α-hetero) is 1. The van der Waals surface area contributed by atoms with E-state index in [9.17, 15) is 13.6 Å². The molecule has 0 amide bonds. The van der Waals surface area contributed by atoms with Gasteiger partial charge in [0.05, 0.1) is 0 Å². The number of carbonyl (C=O) groups is 1. The van der Waals surface area contributed by atoms with Gasteiger partial charge in [-0.1, -0.05) is 12.1 Å². The molecule has 1 aliphatic heterocycles. The number of hydrogen-bond acceptors (Lipinski definition) is 2. The fraction of sp³-hybridized carbons (Fsp3) is 0.278. The van der Waals surface area contributed by atoms with Gasteiger partial charge in [0.25, 0.3) is 0 Å². The molecule has 1 heterocycles. The summed E-state index contributed by atoms with van der Waals surface area (Å²) in [5, 5.41) is 3.29. The van der Waals surface area contributed by atoms with Gasteiger partial charge in [-0.2, -0.15) is 0 Å². The number of rotatable bonds is 3. The average Bonchev–Trinajstić information content (AvgIpc) is 2.56. The van der Waals surface area contributed by atoms with Crippen LogP contribution in [0.4, 0.5) is 8.78 Å². The Morgan fingerprint density at radius 3 is 2.18 bits per heavy atom. The highest BCUT2D eigenvalue weighted by Gasteiger charge is 2.32. The lowest BCUT2D eigenvalue weighted by Gasteiger charge is -2.31. The second-order valence-corrected chi connectivity index (χ2v) is 5.63. The van der Waals surface area contributed by atoms with E-state index >= 15 is 0 Å². The topological polar surface area (TPSA) is 29.1 Å². The van der Waals surface area contributed by atoms with Crippen LogP contribution in [0.5, 0.6) is 0 Å². The second kappa shape index (κ2) is 6.36. The molecule has 2 aromatic rings. The Morgan fingerprint density at radius 2 is 1.55 bits per heavy atom. The van der Waals surface area contributed by atoms with Crippen LogP contribution in [0.25, 0.3) is 0 Å². The zero-order chi connectivity index (χ0) is 15.5. The van der Waals surface area contributed by atoms with Crippen LogP contribution >= 0.6 is 0 Å². The molecule has 2 atom stereocenters. The number of halogens is 2. The number of benzene rings is 2. The maximum Gasteiger partial charge on any atom is 0.166 e. The van der Waals surface area contributed by atoms with Crippen molar-refractivity contribution in [3.05, 3.63) is 71.3 Å². The zero-order valence-electron chi connectivity index (χ0n) is 12.1. The Hall–Kier alpha value is -2.07. The number of ketones is 1. The minimum absolute atomic E-state index is 0.00639. The summed E-state index contributed by atoms with van der Waals surface area (Å²) in [5.74, 6) is -0.772. The molecule has 0 bridgehead atoms. The van der Waals surface area contributed by atoms with Crippen LogP contribution in [0.3, 0.4) is 0 Å². The molecular weight excluding hydrogens is 284 g/mol. The predicted octanol–water partition coefficient (Wildman–Crippen LogP) is 3.54. The Kier molecular flexibility index (Phi) is 4.29. The SMILES string of the molecule is O=C(c1ccc(F)cc1)[C@@H]1CCNC[C@H]1c1ccc(F)cc1. The maximum absolute atomic E-state index is 13.1. The van der Waals surface area contributed by atoms with Crippen LogP contribution < -0.4 is 5.32 Å². The molecule has 1 N–H and O–H groups in total. The average molecular weight is 301 g/mol. The first-order valence-corrected chi connectivity index (χ1v) is 7.41. The van der Waals surface area contributed by atoms with Gasteiger partial charge >= 0.3 is 0 Å². The van der Waals surface area contributed by atoms with Gasteiger partial charge in [0, 0.05) is 23.9 Å². The van der Waals surface area contributed by atoms with E-state index in [1.54, 1.807) is 12.1 Å². The summed E-state index contributed by atoms with van der Waals surface area (Å²) in [6, 6.07) is 12.0. The van der Waals surface area contributed by atoms with E-state index in [0.717, 1.165) is 18.5 Å². The molecule has 0 radical (unpaired) electrons. The highest BCUT2D eigenvalue weighted by atomic mass is 19.1. The van der Waals surface area contributed by atoms with Crippen LogP contribution in [-0.2, 0) is 0 Å². The van der Waals surface area contributed by atoms with Gasteiger partial charge in [-0.15, -0.1) is 0 Å². The third-order valence-corrected chi connectivity index (χ3v) is 4.25. The largest absolute Gasteiger partial charge is 0.316 e. The number of hydrogen-bond donors (Lipinski definition) is 1. The molecule has 1 aliphatic rings. The van der Waals surface area contributed by atoms with Gasteiger partial charge in [-0.25, -0.2) is 8.78 Å². The fourth-order valence-corrected chi connectivity index (χ4v) is 3.06. The van der Waals surface area contributed by atoms with Crippen molar-refractivity contribution in [1.82, 2.24) is 5.32 Å². The van der Waals surface area contributed by atoms with Gasteiger partial charge in [-0.05, 0) is 54.9 Å². The van der Waals surface area contributed by atoms with Crippen molar-refractivity contribution in [2.45, 2.75) is 12.3 Å². The Bertz CT molecular complexity index is 652. The molecule has 0 aliphatic carbocycles. The molecule has 114 valence electrons. The van der Waals surface area contributed by atoms with Crippen molar-refractivity contribution >= 4 is 5.78 Å². The Balaban J connectivity index is 1.87. The molecule has 2 nitrogen and oxygen atoms in total. The molecular formula is C18H17F2NO. The molecule has 3 rings (SSSR count). The summed E-state index contributed by atoms with van der Waals surface area (Å²) in [7, 11) is 0. The van der Waals surface area contributed by atoms with E-state index in [2.05, 4.69) is 5.32 Å². The first-order valence-electron chi connectivity index (χ1n) is 7.41. The van der Waals surface area contributed by atoms with Crippen LogP contribution in [0.1, 0.15) is 28.3 Å². The maximum atomic E-state index is 13.1. The molecule has 4 heteroatoms. The molecule has 0 saturated carbocycles. The highest BCUT2D eigenvalue weighted by molar-refractivity contribution is 5.98. The first kappa shape index (κ1) is 14.9. The monoisotopic (exact) mass is 301 g/mol. The van der Waals surface area contributed by atoms with Crippen molar-refractivity contribution in [2.75, 3.05) is 13.1 Å². The molecule has 22 heavy (non-hydrogen) atoms. The van der Waals surface area contributed by atoms with Crippen LogP contribution in [0.15, 0.2) is 48.5 Å². The molecule has 0 aromatic heterocycles. The predicted molar refractivity (Wildman–Crippen MR) is 80.8 cm³/mol. The van der Waals surface area contributed by atoms with E-state index in [1.807, 2.05) is 0 Å². The number of carbonyl (C=O) groups excluding carboxylic acids is 1. The molecule has 1 fully saturated rings. The van der Waals surface area contributed by atoms with Crippen LogP contribution in [-0.4, -0.2) is 18.9 Å². The standard InChI is InChI=1S/C18H17F2NO/c19-14-5-1-12(2-6-14)17-11-21-10-9-16(17)18(22)13-3-7-15(20)8-4-13/h1-8,16-17,21H,9-11H2/t16-,17+/m1/s1. The third kappa shape index (κ3) is 3.07. The van der Waals surface area contributed by atoms with E-state index < -0.39 is 0 Å². The van der Waals surface area contributed by atoms with Crippen molar-refractivity contribution in [2.24, 2.45) is 5.92 Å². The molecule has 0 spiro atoms. The lowest BCUT2D eigenvalue weighted by Crippen LogP contribution is -2.38. The van der Waals surface area contributed by atoms with Gasteiger partial charge < -0.3 is 5.32 Å². The summed E-state index contributed by atoms with van der Waals surface area (Å²) in [6.07, 6.45) is 0.720. The van der Waals surface area contributed by atoms with Gasteiger partial charge in [-0.3, -0.25) is 4.79 Å². The molecule has 1 saturated heterocycles. The second-order valence-electron chi connectivity index (χ2n) is 5.63. The van der Waals surface area contributed by atoms with Gasteiger partial charge in [0.2, 0.25) is 0 Å². The van der Waals surface area contributed by atoms with Crippen LogP contribution in [0, 0.1) is 17.6 Å². The lowest BCUT2D eigenvalue weighted by molar-refractivity contribution is 0.0875. The highest BCUT2D eigenvalue weighted by Crippen LogP contribution is 2.32. The zero-order valence-corrected chi connectivity index (χ0v) is 12.1. The fourth-order valence-electron chi connectivity index (χ4n) is 3.06. The first-order chi connectivity index (χ1) is 10.6. The van der Waals surface area contributed by atoms with Crippen molar-refractivity contribution < 1.29 is 13.6 Å². The van der Waals surface area contributed by atoms with Crippen molar-refractivity contribution in [1.29, 1.82) is 0 Å². The smallest absolute Gasteiger partial charge is 0.166 e. The van der Waals surface area contributed by atoms with E-state index in [0.29, 0.717) is 12.1 Å². The van der Waals surface area contributed by atoms with Crippen molar-refractivity contribution in [3.8, 4) is 0 Å². The van der Waals surface area contributed by atoms with Crippen molar-refractivity contribution in [3.63, 3.8) is 0 Å². The van der Waals surface area contributed by atoms with Crippen LogP contribution in [0.2, 0.25) is 0 Å². The Labute approximate surface area is 128 Å². The summed E-state index contributed by atoms with van der Waals surface area (Å²) in [6.45, 7) is 1.46. The van der Waals surface area contributed by atoms with Gasteiger partial charge in [0.1, 0.15) is 11.6 Å². The summed E-state index contributed by atoms with van der Waals surface area (Å²) >= 11 is 0. The van der Waals surface area contributed by atoms with Gasteiger partial charge in [0.15, 0.2) is 5.78 Å². The summed E-state index contributed by atoms with van der Waals surface area (Å²) in [5.41, 5.74) is 1.48.